The van der Waals surface area contributed by atoms with Gasteiger partial charge < -0.3 is 0 Å². The van der Waals surface area contributed by atoms with Crippen LogP contribution < -0.4 is 0 Å². The third-order valence-electron chi connectivity index (χ3n) is 1.61. The largest absolute Gasteiger partial charge is 0.142 e. The van der Waals surface area contributed by atoms with E-state index in [1.54, 1.807) is 11.3 Å². The van der Waals surface area contributed by atoms with Crippen molar-refractivity contribution in [3.05, 3.63) is 26.1 Å². The van der Waals surface area contributed by atoms with Crippen molar-refractivity contribution in [3.63, 3.8) is 0 Å². The van der Waals surface area contributed by atoms with Crippen molar-refractivity contribution in [2.24, 2.45) is 0 Å². The molecule has 0 saturated carbocycles. The molecule has 1 heterocycles. The minimum atomic E-state index is 0.773. The second-order valence-electron chi connectivity index (χ2n) is 2.36. The lowest BCUT2D eigenvalue weighted by Crippen LogP contribution is -1.76. The average Bonchev–Trinajstić information content (AvgIpc) is 2.48. The fourth-order valence-corrected chi connectivity index (χ4v) is 3.21. The van der Waals surface area contributed by atoms with E-state index in [0.29, 0.717) is 0 Å². The van der Waals surface area contributed by atoms with Crippen LogP contribution in [0.25, 0.3) is 10.1 Å². The van der Waals surface area contributed by atoms with Gasteiger partial charge in [-0.3, -0.25) is 0 Å². The molecule has 0 saturated heterocycles. The lowest BCUT2D eigenvalue weighted by atomic mass is 10.3. The highest BCUT2D eigenvalue weighted by molar-refractivity contribution is 14.1. The molecule has 0 aliphatic carbocycles. The summed E-state index contributed by atoms with van der Waals surface area (Å²) in [7, 11) is 0. The molecule has 0 aliphatic rings. The highest BCUT2D eigenvalue weighted by Gasteiger charge is 2.07. The van der Waals surface area contributed by atoms with E-state index >= 15 is 0 Å². The topological polar surface area (TPSA) is 0 Å². The molecular weight excluding hydrogens is 323 g/mol. The summed E-state index contributed by atoms with van der Waals surface area (Å²) in [6, 6.07) is 4.17. The zero-order chi connectivity index (χ0) is 8.72. The summed E-state index contributed by atoms with van der Waals surface area (Å²) in [5.74, 6) is 0. The van der Waals surface area contributed by atoms with Gasteiger partial charge in [-0.15, -0.1) is 24.0 Å². The Morgan fingerprint density at radius 3 is 3.00 bits per heavy atom. The molecule has 0 spiro atoms. The normalized spacial score (nSPS) is 10.9. The number of rotatable bonds is 0. The molecule has 12 heavy (non-hydrogen) atoms. The number of thiophene rings is 1. The summed E-state index contributed by atoms with van der Waals surface area (Å²) in [4.78, 5) is 0.882. The number of hydrogen-bond donors (Lipinski definition) is 1. The Bertz CT molecular complexity index is 436. The molecule has 1 aromatic carbocycles. The van der Waals surface area contributed by atoms with Crippen LogP contribution in [-0.4, -0.2) is 0 Å². The zero-order valence-electron chi connectivity index (χ0n) is 5.84. The summed E-state index contributed by atoms with van der Waals surface area (Å²) in [6.07, 6.45) is 0. The van der Waals surface area contributed by atoms with E-state index < -0.39 is 0 Å². The molecule has 2 rings (SSSR count). The van der Waals surface area contributed by atoms with Crippen LogP contribution in [0.3, 0.4) is 0 Å². The van der Waals surface area contributed by atoms with E-state index in [4.69, 9.17) is 11.6 Å². The minimum Gasteiger partial charge on any atom is -0.142 e. The van der Waals surface area contributed by atoms with E-state index in [9.17, 15) is 0 Å². The average molecular weight is 327 g/mol. The van der Waals surface area contributed by atoms with Crippen molar-refractivity contribution >= 4 is 68.2 Å². The van der Waals surface area contributed by atoms with Crippen LogP contribution in [0.4, 0.5) is 0 Å². The number of fused-ring (bicyclic) bond motifs is 1. The second kappa shape index (κ2) is 3.36. The Balaban J connectivity index is 2.94. The van der Waals surface area contributed by atoms with Gasteiger partial charge in [0.1, 0.15) is 0 Å². The highest BCUT2D eigenvalue weighted by Crippen LogP contribution is 2.36. The van der Waals surface area contributed by atoms with Gasteiger partial charge in [-0.2, -0.15) is 0 Å². The summed E-state index contributed by atoms with van der Waals surface area (Å²) in [5.41, 5.74) is 0. The van der Waals surface area contributed by atoms with Crippen molar-refractivity contribution in [2.75, 3.05) is 0 Å². The molecule has 4 heteroatoms. The molecule has 0 bridgehead atoms. The number of benzene rings is 1. The molecule has 0 atom stereocenters. The van der Waals surface area contributed by atoms with E-state index in [0.717, 1.165) is 18.2 Å². The minimum absolute atomic E-state index is 0.773. The van der Waals surface area contributed by atoms with E-state index in [-0.39, 0.29) is 0 Å². The van der Waals surface area contributed by atoms with Gasteiger partial charge in [0, 0.05) is 8.47 Å². The predicted molar refractivity (Wildman–Crippen MR) is 66.8 cm³/mol. The van der Waals surface area contributed by atoms with Crippen LogP contribution in [0, 0.1) is 3.57 Å². The van der Waals surface area contributed by atoms with Gasteiger partial charge in [-0.25, -0.2) is 0 Å². The first kappa shape index (κ1) is 9.12. The Morgan fingerprint density at radius 2 is 2.25 bits per heavy atom. The molecule has 62 valence electrons. The smallest absolute Gasteiger partial charge is 0.0728 e. The predicted octanol–water partition coefficient (Wildman–Crippen LogP) is 4.45. The summed E-state index contributed by atoms with van der Waals surface area (Å²) in [5, 5.41) is 4.02. The Labute approximate surface area is 98.5 Å². The summed E-state index contributed by atoms with van der Waals surface area (Å²) < 4.78 is 2.23. The van der Waals surface area contributed by atoms with Gasteiger partial charge in [-0.05, 0) is 45.5 Å². The van der Waals surface area contributed by atoms with Crippen molar-refractivity contribution in [3.8, 4) is 0 Å². The summed E-state index contributed by atoms with van der Waals surface area (Å²) in [6.45, 7) is 0. The van der Waals surface area contributed by atoms with Gasteiger partial charge in [0.15, 0.2) is 0 Å². The van der Waals surface area contributed by atoms with Crippen molar-refractivity contribution in [1.82, 2.24) is 0 Å². The third-order valence-corrected chi connectivity index (χ3v) is 4.92. The van der Waals surface area contributed by atoms with Crippen molar-refractivity contribution < 1.29 is 0 Å². The van der Waals surface area contributed by atoms with Gasteiger partial charge in [0.2, 0.25) is 0 Å². The maximum absolute atomic E-state index is 6.10. The van der Waals surface area contributed by atoms with Crippen LogP contribution >= 0.6 is 58.2 Å². The number of halogens is 2. The van der Waals surface area contributed by atoms with E-state index in [2.05, 4.69) is 47.4 Å². The quantitative estimate of drug-likeness (QED) is 0.537. The SMILES string of the molecule is Sc1c(I)cc2ccsc2c1Cl. The molecule has 1 aromatic heterocycles. The molecule has 0 fully saturated rings. The first-order valence-corrected chi connectivity index (χ1v) is 6.02. The van der Waals surface area contributed by atoms with Crippen LogP contribution in [-0.2, 0) is 0 Å². The molecule has 0 unspecified atom stereocenters. The number of thiol groups is 1. The first-order chi connectivity index (χ1) is 5.70. The monoisotopic (exact) mass is 326 g/mol. The Hall–Kier alpha value is 0.550. The Morgan fingerprint density at radius 1 is 1.50 bits per heavy atom. The fourth-order valence-electron chi connectivity index (χ4n) is 1.03. The summed E-state index contributed by atoms with van der Waals surface area (Å²) >= 11 is 14.3. The third kappa shape index (κ3) is 1.36. The molecule has 0 radical (unpaired) electrons. The standard InChI is InChI=1S/C8H4ClIS2/c9-6-7(11)5(10)3-4-1-2-12-8(4)6/h1-3,11H. The number of hydrogen-bond acceptors (Lipinski definition) is 2. The van der Waals surface area contributed by atoms with E-state index in [1.165, 1.54) is 5.39 Å². The molecular formula is C8H4ClIS2. The molecule has 0 aliphatic heterocycles. The Kier molecular flexibility index (Phi) is 2.56. The fraction of sp³-hybridized carbons (Fsp3) is 0. The van der Waals surface area contributed by atoms with Gasteiger partial charge in [0.25, 0.3) is 0 Å². The van der Waals surface area contributed by atoms with Crippen LogP contribution in [0.1, 0.15) is 0 Å². The highest BCUT2D eigenvalue weighted by atomic mass is 127. The molecule has 0 nitrogen and oxygen atoms in total. The van der Waals surface area contributed by atoms with Crippen molar-refractivity contribution in [1.29, 1.82) is 0 Å². The van der Waals surface area contributed by atoms with Gasteiger partial charge >= 0.3 is 0 Å². The van der Waals surface area contributed by atoms with E-state index in [1.807, 2.05) is 5.38 Å². The zero-order valence-corrected chi connectivity index (χ0v) is 10.5. The van der Waals surface area contributed by atoms with Crippen molar-refractivity contribution in [2.45, 2.75) is 4.90 Å². The van der Waals surface area contributed by atoms with Gasteiger partial charge in [0.05, 0.1) is 9.72 Å². The second-order valence-corrected chi connectivity index (χ2v) is 5.26. The molecule has 0 amide bonds. The lowest BCUT2D eigenvalue weighted by molar-refractivity contribution is 1.47. The van der Waals surface area contributed by atoms with Crippen LogP contribution in [0.5, 0.6) is 0 Å². The maximum Gasteiger partial charge on any atom is 0.0728 e. The van der Waals surface area contributed by atoms with Gasteiger partial charge in [-0.1, -0.05) is 11.6 Å². The molecule has 0 N–H and O–H groups in total. The maximum atomic E-state index is 6.10. The lowest BCUT2D eigenvalue weighted by Gasteiger charge is -2.00. The van der Waals surface area contributed by atoms with Crippen LogP contribution in [0.2, 0.25) is 5.02 Å². The molecule has 2 aromatic rings. The van der Waals surface area contributed by atoms with Crippen LogP contribution in [0.15, 0.2) is 22.4 Å². The first-order valence-electron chi connectivity index (χ1n) is 3.24.